The van der Waals surface area contributed by atoms with E-state index in [0.29, 0.717) is 23.4 Å². The minimum atomic E-state index is -4.37. The zero-order valence-corrected chi connectivity index (χ0v) is 14.9. The van der Waals surface area contributed by atoms with Gasteiger partial charge in [0.05, 0.1) is 18.4 Å². The maximum Gasteiger partial charge on any atom is 0.416 e. The van der Waals surface area contributed by atoms with Gasteiger partial charge in [0.2, 0.25) is 5.91 Å². The zero-order valence-electron chi connectivity index (χ0n) is 14.9. The monoisotopic (exact) mass is 390 g/mol. The number of halogens is 3. The standard InChI is InChI=1S/C20H17F3N2O3/c1-28-17-8-4-13(10-12-2-5-14(6-3-12)20(21,22)23)11-16(17)25-19(27)15-7-9-18(26)24-15/h2-8,11H,9-10H2,1H3,(H,24,26)(H,25,27). The molecule has 1 aliphatic heterocycles. The van der Waals surface area contributed by atoms with Crippen molar-refractivity contribution in [3.8, 4) is 5.75 Å². The summed E-state index contributed by atoms with van der Waals surface area (Å²) in [6.45, 7) is 0. The molecule has 0 aromatic heterocycles. The number of anilines is 1. The Morgan fingerprint density at radius 1 is 1.14 bits per heavy atom. The maximum atomic E-state index is 12.7. The molecule has 0 radical (unpaired) electrons. The molecule has 28 heavy (non-hydrogen) atoms. The quantitative estimate of drug-likeness (QED) is 0.819. The molecule has 3 rings (SSSR count). The lowest BCUT2D eigenvalue weighted by molar-refractivity contribution is -0.137. The van der Waals surface area contributed by atoms with E-state index in [2.05, 4.69) is 10.6 Å². The summed E-state index contributed by atoms with van der Waals surface area (Å²) in [6.07, 6.45) is -2.35. The predicted molar refractivity (Wildman–Crippen MR) is 96.7 cm³/mol. The molecule has 8 heteroatoms. The fourth-order valence-corrected chi connectivity index (χ4v) is 2.80. The third-order valence-corrected chi connectivity index (χ3v) is 4.21. The van der Waals surface area contributed by atoms with Crippen LogP contribution in [0.5, 0.6) is 5.75 Å². The van der Waals surface area contributed by atoms with Gasteiger partial charge in [0.1, 0.15) is 11.4 Å². The maximum absolute atomic E-state index is 12.7. The van der Waals surface area contributed by atoms with Crippen molar-refractivity contribution in [3.05, 3.63) is 70.9 Å². The van der Waals surface area contributed by atoms with Gasteiger partial charge in [-0.3, -0.25) is 9.59 Å². The first-order chi connectivity index (χ1) is 13.3. The largest absolute Gasteiger partial charge is 0.495 e. The molecule has 5 nitrogen and oxygen atoms in total. The van der Waals surface area contributed by atoms with Crippen molar-refractivity contribution in [3.63, 3.8) is 0 Å². The minimum Gasteiger partial charge on any atom is -0.495 e. The number of carbonyl (C=O) groups is 2. The van der Waals surface area contributed by atoms with Crippen LogP contribution in [-0.4, -0.2) is 18.9 Å². The molecule has 1 heterocycles. The first-order valence-corrected chi connectivity index (χ1v) is 8.40. The highest BCUT2D eigenvalue weighted by Gasteiger charge is 2.29. The molecule has 0 fully saturated rings. The van der Waals surface area contributed by atoms with Gasteiger partial charge in [-0.15, -0.1) is 0 Å². The first kappa shape index (κ1) is 19.5. The van der Waals surface area contributed by atoms with Crippen LogP contribution >= 0.6 is 0 Å². The average Bonchev–Trinajstić information content (AvgIpc) is 3.08. The number of methoxy groups -OCH3 is 1. The van der Waals surface area contributed by atoms with Gasteiger partial charge in [0, 0.05) is 6.42 Å². The zero-order chi connectivity index (χ0) is 20.3. The average molecular weight is 390 g/mol. The minimum absolute atomic E-state index is 0.147. The van der Waals surface area contributed by atoms with Crippen LogP contribution in [0, 0.1) is 0 Å². The molecule has 2 amide bonds. The van der Waals surface area contributed by atoms with E-state index in [1.165, 1.54) is 25.3 Å². The smallest absolute Gasteiger partial charge is 0.416 e. The summed E-state index contributed by atoms with van der Waals surface area (Å²) in [5, 5.41) is 5.14. The number of ether oxygens (including phenoxy) is 1. The normalized spacial score (nSPS) is 13.7. The summed E-state index contributed by atoms with van der Waals surface area (Å²) in [7, 11) is 1.46. The molecule has 0 spiro atoms. The van der Waals surface area contributed by atoms with Crippen molar-refractivity contribution in [2.45, 2.75) is 19.0 Å². The lowest BCUT2D eigenvalue weighted by atomic mass is 10.0. The van der Waals surface area contributed by atoms with Gasteiger partial charge >= 0.3 is 6.18 Å². The molecule has 2 aromatic rings. The van der Waals surface area contributed by atoms with E-state index in [0.717, 1.165) is 17.7 Å². The van der Waals surface area contributed by atoms with Gasteiger partial charge in [-0.05, 0) is 47.9 Å². The second kappa shape index (κ2) is 7.75. The molecule has 0 saturated heterocycles. The molecular formula is C20H17F3N2O3. The number of rotatable bonds is 5. The highest BCUT2D eigenvalue weighted by molar-refractivity contribution is 6.08. The van der Waals surface area contributed by atoms with Gasteiger partial charge in [-0.25, -0.2) is 0 Å². The van der Waals surface area contributed by atoms with Crippen molar-refractivity contribution < 1.29 is 27.5 Å². The highest BCUT2D eigenvalue weighted by Crippen LogP contribution is 2.30. The molecule has 0 atom stereocenters. The Morgan fingerprint density at radius 2 is 1.82 bits per heavy atom. The van der Waals surface area contributed by atoms with Crippen molar-refractivity contribution in [1.29, 1.82) is 0 Å². The molecule has 146 valence electrons. The number of nitrogens with one attached hydrogen (secondary N) is 2. The highest BCUT2D eigenvalue weighted by atomic mass is 19.4. The molecule has 0 saturated carbocycles. The van der Waals surface area contributed by atoms with Crippen LogP contribution in [-0.2, 0) is 22.2 Å². The summed E-state index contributed by atoms with van der Waals surface area (Å²) in [6, 6.07) is 10.0. The van der Waals surface area contributed by atoms with Gasteiger partial charge in [-0.1, -0.05) is 18.2 Å². The first-order valence-electron chi connectivity index (χ1n) is 8.40. The molecule has 0 unspecified atom stereocenters. The number of amides is 2. The lowest BCUT2D eigenvalue weighted by Crippen LogP contribution is -2.25. The SMILES string of the molecule is COc1ccc(Cc2ccc(C(F)(F)F)cc2)cc1NC(=O)C1=CCC(=O)N1. The summed E-state index contributed by atoms with van der Waals surface area (Å²) >= 11 is 0. The van der Waals surface area contributed by atoms with E-state index < -0.39 is 17.6 Å². The van der Waals surface area contributed by atoms with Crippen LogP contribution in [0.25, 0.3) is 0 Å². The fourth-order valence-electron chi connectivity index (χ4n) is 2.80. The van der Waals surface area contributed by atoms with Crippen molar-refractivity contribution in [1.82, 2.24) is 5.32 Å². The van der Waals surface area contributed by atoms with Gasteiger partial charge in [0.25, 0.3) is 5.91 Å². The summed E-state index contributed by atoms with van der Waals surface area (Å²) in [4.78, 5) is 23.5. The van der Waals surface area contributed by atoms with Crippen LogP contribution in [0.2, 0.25) is 0 Å². The summed E-state index contributed by atoms with van der Waals surface area (Å²) in [5.74, 6) is -0.307. The second-order valence-electron chi connectivity index (χ2n) is 6.23. The molecule has 2 aromatic carbocycles. The Morgan fingerprint density at radius 3 is 2.39 bits per heavy atom. The predicted octanol–water partition coefficient (Wildman–Crippen LogP) is 3.65. The van der Waals surface area contributed by atoms with Gasteiger partial charge < -0.3 is 15.4 Å². The number of alkyl halides is 3. The lowest BCUT2D eigenvalue weighted by Gasteiger charge is -2.13. The molecular weight excluding hydrogens is 373 g/mol. The molecule has 0 aliphatic carbocycles. The van der Waals surface area contributed by atoms with E-state index in [4.69, 9.17) is 4.74 Å². The summed E-state index contributed by atoms with van der Waals surface area (Å²) < 4.78 is 43.3. The van der Waals surface area contributed by atoms with Crippen LogP contribution in [0.1, 0.15) is 23.1 Å². The van der Waals surface area contributed by atoms with E-state index >= 15 is 0 Å². The van der Waals surface area contributed by atoms with Crippen molar-refractivity contribution >= 4 is 17.5 Å². The van der Waals surface area contributed by atoms with Crippen LogP contribution < -0.4 is 15.4 Å². The van der Waals surface area contributed by atoms with E-state index in [9.17, 15) is 22.8 Å². The molecule has 1 aliphatic rings. The Kier molecular flexibility index (Phi) is 5.39. The van der Waals surface area contributed by atoms with Gasteiger partial charge in [0.15, 0.2) is 0 Å². The Bertz CT molecular complexity index is 935. The van der Waals surface area contributed by atoms with Crippen LogP contribution in [0.4, 0.5) is 18.9 Å². The third-order valence-electron chi connectivity index (χ3n) is 4.21. The third kappa shape index (κ3) is 4.51. The summed E-state index contributed by atoms with van der Waals surface area (Å²) in [5.41, 5.74) is 1.34. The Balaban J connectivity index is 1.77. The van der Waals surface area contributed by atoms with Crippen LogP contribution in [0.3, 0.4) is 0 Å². The molecule has 2 N–H and O–H groups in total. The molecule has 0 bridgehead atoms. The van der Waals surface area contributed by atoms with E-state index in [1.54, 1.807) is 18.2 Å². The number of benzene rings is 2. The Labute approximate surface area is 159 Å². The van der Waals surface area contributed by atoms with Crippen molar-refractivity contribution in [2.24, 2.45) is 0 Å². The fraction of sp³-hybridized carbons (Fsp3) is 0.200. The van der Waals surface area contributed by atoms with Gasteiger partial charge in [-0.2, -0.15) is 13.2 Å². The van der Waals surface area contributed by atoms with Crippen molar-refractivity contribution in [2.75, 3.05) is 12.4 Å². The Hall–Kier alpha value is -3.29. The van der Waals surface area contributed by atoms with Crippen LogP contribution in [0.15, 0.2) is 54.2 Å². The number of hydrogen-bond donors (Lipinski definition) is 2. The number of hydrogen-bond acceptors (Lipinski definition) is 3. The second-order valence-corrected chi connectivity index (χ2v) is 6.23. The van der Waals surface area contributed by atoms with E-state index in [-0.39, 0.29) is 18.0 Å². The number of carbonyl (C=O) groups excluding carboxylic acids is 2. The van der Waals surface area contributed by atoms with E-state index in [1.807, 2.05) is 0 Å². The topological polar surface area (TPSA) is 67.4 Å².